The molecule has 4 rings (SSSR count). The van der Waals surface area contributed by atoms with Crippen molar-refractivity contribution in [3.05, 3.63) is 76.9 Å². The van der Waals surface area contributed by atoms with Gasteiger partial charge in [0.15, 0.2) is 5.70 Å². The van der Waals surface area contributed by atoms with Gasteiger partial charge in [0.2, 0.25) is 5.89 Å². The molecule has 1 aliphatic rings. The van der Waals surface area contributed by atoms with Crippen LogP contribution in [0.4, 0.5) is 8.78 Å². The Bertz CT molecular complexity index is 1250. The van der Waals surface area contributed by atoms with Crippen LogP contribution in [0.25, 0.3) is 17.2 Å². The van der Waals surface area contributed by atoms with Crippen molar-refractivity contribution in [2.75, 3.05) is 27.7 Å². The third-order valence-corrected chi connectivity index (χ3v) is 5.19. The summed E-state index contributed by atoms with van der Waals surface area (Å²) in [7, 11) is 4.84. The highest BCUT2D eigenvalue weighted by Gasteiger charge is 2.27. The van der Waals surface area contributed by atoms with Crippen molar-refractivity contribution >= 4 is 17.3 Å². The van der Waals surface area contributed by atoms with Crippen LogP contribution in [0.3, 0.4) is 0 Å². The van der Waals surface area contributed by atoms with E-state index in [1.807, 2.05) is 30.3 Å². The molecule has 0 saturated carbocycles. The minimum atomic E-state index is -2.80. The van der Waals surface area contributed by atoms with E-state index in [2.05, 4.69) is 15.2 Å². The van der Waals surface area contributed by atoms with Crippen LogP contribution < -0.4 is 5.73 Å². The summed E-state index contributed by atoms with van der Waals surface area (Å²) >= 11 is 0. The van der Waals surface area contributed by atoms with Gasteiger partial charge >= 0.3 is 0 Å². The monoisotopic (exact) mass is 452 g/mol. The molecule has 2 aromatic carbocycles. The Morgan fingerprint density at radius 1 is 1.12 bits per heavy atom. The Morgan fingerprint density at radius 3 is 2.48 bits per heavy atom. The fourth-order valence-electron chi connectivity index (χ4n) is 3.43. The Kier molecular flexibility index (Phi) is 5.91. The second-order valence-corrected chi connectivity index (χ2v) is 7.73. The van der Waals surface area contributed by atoms with Gasteiger partial charge in [-0.15, -0.1) is 10.2 Å². The van der Waals surface area contributed by atoms with Crippen molar-refractivity contribution in [3.63, 3.8) is 0 Å². The van der Waals surface area contributed by atoms with Crippen molar-refractivity contribution in [1.29, 1.82) is 0 Å². The predicted octanol–water partition coefficient (Wildman–Crippen LogP) is 3.40. The molecule has 2 N–H and O–H groups in total. The molecule has 8 nitrogen and oxygen atoms in total. The first-order chi connectivity index (χ1) is 15.8. The van der Waals surface area contributed by atoms with Gasteiger partial charge < -0.3 is 20.0 Å². The van der Waals surface area contributed by atoms with Gasteiger partial charge in [0, 0.05) is 43.4 Å². The average molecular weight is 452 g/mol. The normalized spacial score (nSPS) is 14.0. The van der Waals surface area contributed by atoms with Crippen LogP contribution >= 0.6 is 0 Å². The molecule has 0 spiro atoms. The number of carbonyl (C=O) groups is 1. The minimum Gasteiger partial charge on any atom is -0.414 e. The molecule has 1 aromatic heterocycles. The van der Waals surface area contributed by atoms with E-state index in [1.165, 1.54) is 23.1 Å². The van der Waals surface area contributed by atoms with Crippen LogP contribution in [0.15, 0.2) is 63.8 Å². The van der Waals surface area contributed by atoms with Crippen molar-refractivity contribution in [2.24, 2.45) is 10.7 Å². The van der Waals surface area contributed by atoms with Gasteiger partial charge in [0.25, 0.3) is 18.2 Å². The Hall–Kier alpha value is -4.08. The van der Waals surface area contributed by atoms with Crippen molar-refractivity contribution in [2.45, 2.75) is 6.43 Å². The highest BCUT2D eigenvalue weighted by Crippen LogP contribution is 2.30. The lowest BCUT2D eigenvalue weighted by Gasteiger charge is -2.27. The number of hydrogen-bond donors (Lipinski definition) is 1. The molecule has 0 aliphatic carbocycles. The number of aromatic nitrogens is 2. The number of nitrogens with two attached hydrogens (primary N) is 1. The van der Waals surface area contributed by atoms with E-state index >= 15 is 0 Å². The zero-order valence-electron chi connectivity index (χ0n) is 18.3. The number of nitrogens with zero attached hydrogens (tertiary/aromatic N) is 5. The fraction of sp³-hybridized carbons (Fsp3) is 0.217. The van der Waals surface area contributed by atoms with Crippen molar-refractivity contribution < 1.29 is 18.0 Å². The van der Waals surface area contributed by atoms with Gasteiger partial charge in [0.05, 0.1) is 12.3 Å². The Balaban J connectivity index is 1.76. The van der Waals surface area contributed by atoms with E-state index in [0.29, 0.717) is 5.71 Å². The SMILES string of the molecule is CN(C)C(=O)c1ccc(C2=NC(c3nnc(-c4ccccc4)o3)=C(N)N(C)C2)c(C(F)F)c1. The molecule has 0 unspecified atom stereocenters. The van der Waals surface area contributed by atoms with E-state index in [4.69, 9.17) is 10.2 Å². The highest BCUT2D eigenvalue weighted by molar-refractivity contribution is 6.07. The summed E-state index contributed by atoms with van der Waals surface area (Å²) in [6, 6.07) is 13.4. The lowest BCUT2D eigenvalue weighted by atomic mass is 9.98. The van der Waals surface area contributed by atoms with Crippen LogP contribution in [0.1, 0.15) is 33.8 Å². The predicted molar refractivity (Wildman–Crippen MR) is 119 cm³/mol. The summed E-state index contributed by atoms with van der Waals surface area (Å²) in [4.78, 5) is 19.8. The third-order valence-electron chi connectivity index (χ3n) is 5.19. The maximum absolute atomic E-state index is 13.9. The smallest absolute Gasteiger partial charge is 0.270 e. The summed E-state index contributed by atoms with van der Waals surface area (Å²) in [5, 5.41) is 8.11. The number of halogens is 2. The molecule has 0 fully saturated rings. The molecule has 2 heterocycles. The highest BCUT2D eigenvalue weighted by atomic mass is 19.3. The molecule has 33 heavy (non-hydrogen) atoms. The summed E-state index contributed by atoms with van der Waals surface area (Å²) in [6.45, 7) is 0.190. The fourth-order valence-corrected chi connectivity index (χ4v) is 3.43. The molecular weight excluding hydrogens is 430 g/mol. The number of alkyl halides is 2. The number of amides is 1. The van der Waals surface area contributed by atoms with Gasteiger partial charge in [-0.25, -0.2) is 13.8 Å². The number of rotatable bonds is 5. The first kappa shape index (κ1) is 22.1. The Labute approximate surface area is 189 Å². The number of benzene rings is 2. The first-order valence-corrected chi connectivity index (χ1v) is 10.1. The zero-order valence-corrected chi connectivity index (χ0v) is 18.3. The van der Waals surface area contributed by atoms with Crippen LogP contribution in [0, 0.1) is 0 Å². The maximum atomic E-state index is 13.9. The van der Waals surface area contributed by atoms with Gasteiger partial charge in [-0.3, -0.25) is 4.79 Å². The van der Waals surface area contributed by atoms with Gasteiger partial charge in [-0.05, 0) is 24.3 Å². The standard InChI is InChI=1S/C23H22F2N6O2/c1-30(2)23(32)14-9-10-15(16(11-14)19(24)25)17-12-31(3)20(26)18(27-17)22-29-28-21(33-22)13-7-5-4-6-8-13/h4-11,19H,12,26H2,1-3H3. The van der Waals surface area contributed by atoms with Gasteiger partial charge in [0.1, 0.15) is 5.82 Å². The van der Waals surface area contributed by atoms with Crippen LogP contribution in [0.5, 0.6) is 0 Å². The number of hydrogen-bond acceptors (Lipinski definition) is 7. The number of likely N-dealkylation sites (N-methyl/N-ethyl adjacent to an activating group) is 1. The molecule has 3 aromatic rings. The van der Waals surface area contributed by atoms with Crippen molar-refractivity contribution in [3.8, 4) is 11.5 Å². The maximum Gasteiger partial charge on any atom is 0.270 e. The van der Waals surface area contributed by atoms with E-state index in [0.717, 1.165) is 5.56 Å². The van der Waals surface area contributed by atoms with E-state index in [9.17, 15) is 13.6 Å². The molecule has 0 atom stereocenters. The summed E-state index contributed by atoms with van der Waals surface area (Å²) in [5.74, 6) is 0.277. The topological polar surface area (TPSA) is 101 Å². The first-order valence-electron chi connectivity index (χ1n) is 10.1. The lowest BCUT2D eigenvalue weighted by Crippen LogP contribution is -2.34. The molecular formula is C23H22F2N6O2. The Morgan fingerprint density at radius 2 is 1.82 bits per heavy atom. The summed E-state index contributed by atoms with van der Waals surface area (Å²) in [6.07, 6.45) is -2.80. The van der Waals surface area contributed by atoms with Crippen LogP contribution in [-0.2, 0) is 0 Å². The molecule has 0 bridgehead atoms. The van der Waals surface area contributed by atoms with E-state index < -0.39 is 6.43 Å². The summed E-state index contributed by atoms with van der Waals surface area (Å²) < 4.78 is 33.7. The van der Waals surface area contributed by atoms with Gasteiger partial charge in [-0.1, -0.05) is 24.3 Å². The van der Waals surface area contributed by atoms with Crippen molar-refractivity contribution in [1.82, 2.24) is 20.0 Å². The molecule has 1 amide bonds. The van der Waals surface area contributed by atoms with E-state index in [1.54, 1.807) is 26.0 Å². The summed E-state index contributed by atoms with van der Waals surface area (Å²) in [5.41, 5.74) is 7.59. The number of aliphatic imine (C=N–C) groups is 1. The minimum absolute atomic E-state index is 0.0772. The quantitative estimate of drug-likeness (QED) is 0.637. The molecule has 0 radical (unpaired) electrons. The van der Waals surface area contributed by atoms with E-state index in [-0.39, 0.29) is 52.4 Å². The van der Waals surface area contributed by atoms with Crippen LogP contribution in [-0.4, -0.2) is 59.3 Å². The lowest BCUT2D eigenvalue weighted by molar-refractivity contribution is 0.0827. The second-order valence-electron chi connectivity index (χ2n) is 7.73. The zero-order chi connectivity index (χ0) is 23.7. The molecule has 170 valence electrons. The average Bonchev–Trinajstić information content (AvgIpc) is 3.30. The van der Waals surface area contributed by atoms with Gasteiger partial charge in [-0.2, -0.15) is 0 Å². The number of carbonyl (C=O) groups excluding carboxylic acids is 1. The molecule has 1 aliphatic heterocycles. The van der Waals surface area contributed by atoms with Crippen LogP contribution in [0.2, 0.25) is 0 Å². The second kappa shape index (κ2) is 8.81. The third kappa shape index (κ3) is 4.32. The largest absolute Gasteiger partial charge is 0.414 e. The molecule has 10 heteroatoms. The molecule has 0 saturated heterocycles.